The number of halogens is 1. The highest BCUT2D eigenvalue weighted by atomic mass is 19.1. The second-order valence-corrected chi connectivity index (χ2v) is 3.29. The molecule has 78 valence electrons. The number of rotatable bonds is 4. The molecule has 0 radical (unpaired) electrons. The van der Waals surface area contributed by atoms with Crippen molar-refractivity contribution in [2.24, 2.45) is 5.73 Å². The van der Waals surface area contributed by atoms with Gasteiger partial charge in [0.25, 0.3) is 0 Å². The molecule has 0 aliphatic rings. The fraction of sp³-hybridized carbons (Fsp3) is 0.455. The second kappa shape index (κ2) is 4.96. The Morgan fingerprint density at radius 2 is 2.21 bits per heavy atom. The van der Waals surface area contributed by atoms with Crippen LogP contribution in [-0.2, 0) is 6.42 Å². The molecule has 1 rings (SSSR count). The highest BCUT2D eigenvalue weighted by molar-refractivity contribution is 5.35. The van der Waals surface area contributed by atoms with Crippen LogP contribution in [0.1, 0.15) is 18.9 Å². The molecule has 1 unspecified atom stereocenters. The van der Waals surface area contributed by atoms with Crippen molar-refractivity contribution in [3.05, 3.63) is 29.6 Å². The second-order valence-electron chi connectivity index (χ2n) is 3.29. The number of nitrogens with two attached hydrogens (primary N) is 1. The maximum Gasteiger partial charge on any atom is 0.130 e. The summed E-state index contributed by atoms with van der Waals surface area (Å²) in [6.45, 7) is 1.98. The number of methoxy groups -OCH3 is 1. The highest BCUT2D eigenvalue weighted by Crippen LogP contribution is 2.22. The SMILES string of the molecule is CCC(N)Cc1c(F)cccc1OC. The average molecular weight is 197 g/mol. The molecule has 0 spiro atoms. The summed E-state index contributed by atoms with van der Waals surface area (Å²) >= 11 is 0. The van der Waals surface area contributed by atoms with Crippen LogP contribution in [0.2, 0.25) is 0 Å². The van der Waals surface area contributed by atoms with Gasteiger partial charge in [-0.3, -0.25) is 0 Å². The van der Waals surface area contributed by atoms with E-state index in [0.29, 0.717) is 17.7 Å². The molecular formula is C11H16FNO. The van der Waals surface area contributed by atoms with E-state index in [1.165, 1.54) is 13.2 Å². The van der Waals surface area contributed by atoms with Crippen molar-refractivity contribution < 1.29 is 9.13 Å². The molecule has 2 nitrogen and oxygen atoms in total. The lowest BCUT2D eigenvalue weighted by molar-refractivity contribution is 0.401. The topological polar surface area (TPSA) is 35.2 Å². The highest BCUT2D eigenvalue weighted by Gasteiger charge is 2.11. The van der Waals surface area contributed by atoms with Crippen LogP contribution < -0.4 is 10.5 Å². The summed E-state index contributed by atoms with van der Waals surface area (Å²) in [4.78, 5) is 0. The monoisotopic (exact) mass is 197 g/mol. The quantitative estimate of drug-likeness (QED) is 0.802. The van der Waals surface area contributed by atoms with E-state index < -0.39 is 0 Å². The van der Waals surface area contributed by atoms with Crippen LogP contribution in [0.5, 0.6) is 5.75 Å². The molecule has 0 amide bonds. The molecule has 2 N–H and O–H groups in total. The Labute approximate surface area is 83.9 Å². The normalized spacial score (nSPS) is 12.6. The van der Waals surface area contributed by atoms with Crippen LogP contribution in [0.4, 0.5) is 4.39 Å². The molecule has 0 aliphatic carbocycles. The molecule has 3 heteroatoms. The van der Waals surface area contributed by atoms with Crippen LogP contribution >= 0.6 is 0 Å². The van der Waals surface area contributed by atoms with Gasteiger partial charge in [0.1, 0.15) is 11.6 Å². The van der Waals surface area contributed by atoms with Crippen molar-refractivity contribution in [2.45, 2.75) is 25.8 Å². The first-order valence-corrected chi connectivity index (χ1v) is 4.76. The Balaban J connectivity index is 2.92. The minimum atomic E-state index is -0.242. The maximum absolute atomic E-state index is 13.4. The molecule has 0 heterocycles. The third-order valence-corrected chi connectivity index (χ3v) is 2.29. The minimum Gasteiger partial charge on any atom is -0.496 e. The molecule has 0 aromatic heterocycles. The largest absolute Gasteiger partial charge is 0.496 e. The first-order chi connectivity index (χ1) is 6.69. The Kier molecular flexibility index (Phi) is 3.89. The number of ether oxygens (including phenoxy) is 1. The molecule has 0 saturated heterocycles. The van der Waals surface area contributed by atoms with Gasteiger partial charge in [-0.2, -0.15) is 0 Å². The minimum absolute atomic E-state index is 0.0131. The van der Waals surface area contributed by atoms with Gasteiger partial charge in [0, 0.05) is 11.6 Å². The predicted octanol–water partition coefficient (Wildman–Crippen LogP) is 2.11. The summed E-state index contributed by atoms with van der Waals surface area (Å²) in [6.07, 6.45) is 1.35. The summed E-state index contributed by atoms with van der Waals surface area (Å²) in [6, 6.07) is 4.80. The summed E-state index contributed by atoms with van der Waals surface area (Å²) in [7, 11) is 1.54. The molecule has 1 aromatic rings. The third-order valence-electron chi connectivity index (χ3n) is 2.29. The van der Waals surface area contributed by atoms with Gasteiger partial charge < -0.3 is 10.5 Å². The first kappa shape index (κ1) is 11.0. The summed E-state index contributed by atoms with van der Waals surface area (Å²) in [5, 5.41) is 0. The van der Waals surface area contributed by atoms with Crippen LogP contribution in [-0.4, -0.2) is 13.2 Å². The van der Waals surface area contributed by atoms with E-state index in [2.05, 4.69) is 0 Å². The molecule has 1 aromatic carbocycles. The van der Waals surface area contributed by atoms with E-state index in [1.54, 1.807) is 12.1 Å². The molecule has 0 bridgehead atoms. The van der Waals surface area contributed by atoms with Crippen LogP contribution in [0.3, 0.4) is 0 Å². The average Bonchev–Trinajstić information content (AvgIpc) is 2.20. The van der Waals surface area contributed by atoms with E-state index in [1.807, 2.05) is 6.92 Å². The predicted molar refractivity (Wildman–Crippen MR) is 54.9 cm³/mol. The fourth-order valence-corrected chi connectivity index (χ4v) is 1.33. The van der Waals surface area contributed by atoms with Gasteiger partial charge in [-0.15, -0.1) is 0 Å². The molecule has 0 aliphatic heterocycles. The van der Waals surface area contributed by atoms with Gasteiger partial charge in [0.2, 0.25) is 0 Å². The number of hydrogen-bond donors (Lipinski definition) is 1. The third kappa shape index (κ3) is 2.45. The zero-order chi connectivity index (χ0) is 10.6. The van der Waals surface area contributed by atoms with Crippen molar-refractivity contribution in [3.63, 3.8) is 0 Å². The van der Waals surface area contributed by atoms with Crippen LogP contribution in [0.15, 0.2) is 18.2 Å². The van der Waals surface area contributed by atoms with Gasteiger partial charge in [-0.1, -0.05) is 13.0 Å². The number of benzene rings is 1. The molecular weight excluding hydrogens is 181 g/mol. The van der Waals surface area contributed by atoms with Gasteiger partial charge in [0.05, 0.1) is 7.11 Å². The molecule has 0 fully saturated rings. The fourth-order valence-electron chi connectivity index (χ4n) is 1.33. The van der Waals surface area contributed by atoms with Gasteiger partial charge in [0.15, 0.2) is 0 Å². The molecule has 1 atom stereocenters. The van der Waals surface area contributed by atoms with E-state index in [9.17, 15) is 4.39 Å². The van der Waals surface area contributed by atoms with Crippen molar-refractivity contribution in [2.75, 3.05) is 7.11 Å². The first-order valence-electron chi connectivity index (χ1n) is 4.76. The van der Waals surface area contributed by atoms with Gasteiger partial charge in [-0.05, 0) is 25.0 Å². The molecule has 0 saturated carbocycles. The lowest BCUT2D eigenvalue weighted by Crippen LogP contribution is -2.22. The Bertz CT molecular complexity index is 301. The van der Waals surface area contributed by atoms with Gasteiger partial charge >= 0.3 is 0 Å². The van der Waals surface area contributed by atoms with Crippen molar-refractivity contribution >= 4 is 0 Å². The lowest BCUT2D eigenvalue weighted by atomic mass is 10.0. The number of hydrogen-bond acceptors (Lipinski definition) is 2. The lowest BCUT2D eigenvalue weighted by Gasteiger charge is -2.13. The Hall–Kier alpha value is -1.09. The Morgan fingerprint density at radius 1 is 1.50 bits per heavy atom. The Morgan fingerprint density at radius 3 is 2.79 bits per heavy atom. The smallest absolute Gasteiger partial charge is 0.130 e. The van der Waals surface area contributed by atoms with Gasteiger partial charge in [-0.25, -0.2) is 4.39 Å². The summed E-state index contributed by atoms with van der Waals surface area (Å²) in [5.41, 5.74) is 6.35. The zero-order valence-electron chi connectivity index (χ0n) is 8.59. The summed E-state index contributed by atoms with van der Waals surface area (Å²) in [5.74, 6) is 0.335. The van der Waals surface area contributed by atoms with Crippen LogP contribution in [0, 0.1) is 5.82 Å². The van der Waals surface area contributed by atoms with E-state index in [4.69, 9.17) is 10.5 Å². The standard InChI is InChI=1S/C11H16FNO/c1-3-8(13)7-9-10(12)5-4-6-11(9)14-2/h4-6,8H,3,7,13H2,1-2H3. The molecule has 14 heavy (non-hydrogen) atoms. The van der Waals surface area contributed by atoms with E-state index >= 15 is 0 Å². The van der Waals surface area contributed by atoms with Crippen molar-refractivity contribution in [1.82, 2.24) is 0 Å². The van der Waals surface area contributed by atoms with E-state index in [-0.39, 0.29) is 11.9 Å². The van der Waals surface area contributed by atoms with Crippen LogP contribution in [0.25, 0.3) is 0 Å². The summed E-state index contributed by atoms with van der Waals surface area (Å²) < 4.78 is 18.5. The van der Waals surface area contributed by atoms with E-state index in [0.717, 1.165) is 6.42 Å². The zero-order valence-corrected chi connectivity index (χ0v) is 8.59. The maximum atomic E-state index is 13.4. The van der Waals surface area contributed by atoms with Crippen molar-refractivity contribution in [1.29, 1.82) is 0 Å². The van der Waals surface area contributed by atoms with Crippen molar-refractivity contribution in [3.8, 4) is 5.75 Å².